The fourth-order valence-electron chi connectivity index (χ4n) is 2.59. The third-order valence-corrected chi connectivity index (χ3v) is 4.15. The van der Waals surface area contributed by atoms with E-state index in [1.54, 1.807) is 30.5 Å². The summed E-state index contributed by atoms with van der Waals surface area (Å²) in [7, 11) is 0. The summed E-state index contributed by atoms with van der Waals surface area (Å²) in [5, 5.41) is 15.9. The summed E-state index contributed by atoms with van der Waals surface area (Å²) in [5.41, 5.74) is 3.33. The number of carbonyl (C=O) groups is 1. The molecule has 6 heteroatoms. The third-order valence-electron chi connectivity index (χ3n) is 3.92. The van der Waals surface area contributed by atoms with Crippen LogP contribution in [0, 0.1) is 11.3 Å². The Morgan fingerprint density at radius 3 is 2.78 bits per heavy atom. The first-order chi connectivity index (χ1) is 13.2. The lowest BCUT2D eigenvalue weighted by Crippen LogP contribution is -2.25. The van der Waals surface area contributed by atoms with Gasteiger partial charge in [-0.25, -0.2) is 0 Å². The van der Waals surface area contributed by atoms with Crippen LogP contribution in [0.15, 0.2) is 67.0 Å². The molecule has 134 valence electrons. The molecule has 0 radical (unpaired) electrons. The quantitative estimate of drug-likeness (QED) is 0.671. The molecule has 0 aliphatic heterocycles. The minimum atomic E-state index is -0.207. The number of para-hydroxylation sites is 1. The van der Waals surface area contributed by atoms with E-state index in [0.29, 0.717) is 40.5 Å². The number of hydrogen-bond donors (Lipinski definition) is 2. The summed E-state index contributed by atoms with van der Waals surface area (Å²) >= 11 is 5.97. The van der Waals surface area contributed by atoms with Gasteiger partial charge >= 0.3 is 0 Å². The highest BCUT2D eigenvalue weighted by molar-refractivity contribution is 6.30. The molecular weight excluding hydrogens is 360 g/mol. The number of pyridine rings is 1. The van der Waals surface area contributed by atoms with Crippen LogP contribution in [0.2, 0.25) is 5.02 Å². The summed E-state index contributed by atoms with van der Waals surface area (Å²) in [6.45, 7) is 0.494. The average molecular weight is 377 g/mol. The molecule has 0 bridgehead atoms. The van der Waals surface area contributed by atoms with Crippen LogP contribution in [0.5, 0.6) is 0 Å². The van der Waals surface area contributed by atoms with E-state index in [2.05, 4.69) is 21.7 Å². The zero-order valence-electron chi connectivity index (χ0n) is 14.4. The molecule has 0 spiro atoms. The molecule has 0 aliphatic carbocycles. The Bertz CT molecular complexity index is 997. The summed E-state index contributed by atoms with van der Waals surface area (Å²) in [6, 6.07) is 18.5. The molecule has 2 aromatic carbocycles. The van der Waals surface area contributed by atoms with Gasteiger partial charge in [0, 0.05) is 17.8 Å². The number of carbonyl (C=O) groups excluding carboxylic acids is 1. The number of hydrogen-bond acceptors (Lipinski definition) is 4. The molecule has 5 nitrogen and oxygen atoms in total. The van der Waals surface area contributed by atoms with Crippen LogP contribution < -0.4 is 10.6 Å². The maximum atomic E-state index is 12.4. The van der Waals surface area contributed by atoms with E-state index in [4.69, 9.17) is 16.9 Å². The molecular formula is C21H17ClN4O. The van der Waals surface area contributed by atoms with Gasteiger partial charge in [-0.15, -0.1) is 0 Å². The van der Waals surface area contributed by atoms with Gasteiger partial charge in [0.1, 0.15) is 6.07 Å². The van der Waals surface area contributed by atoms with Gasteiger partial charge in [0.05, 0.1) is 28.7 Å². The van der Waals surface area contributed by atoms with Crippen LogP contribution in [0.25, 0.3) is 0 Å². The van der Waals surface area contributed by atoms with E-state index in [1.165, 1.54) is 6.20 Å². The molecule has 3 aromatic rings. The van der Waals surface area contributed by atoms with Gasteiger partial charge in [0.2, 0.25) is 0 Å². The van der Waals surface area contributed by atoms with Crippen molar-refractivity contribution in [3.8, 4) is 6.07 Å². The van der Waals surface area contributed by atoms with Crippen molar-refractivity contribution in [2.24, 2.45) is 0 Å². The Balaban J connectivity index is 1.62. The maximum Gasteiger partial charge on any atom is 0.252 e. The molecule has 1 aromatic heterocycles. The molecule has 1 heterocycles. The summed E-state index contributed by atoms with van der Waals surface area (Å²) in [6.07, 6.45) is 3.81. The lowest BCUT2D eigenvalue weighted by Gasteiger charge is -2.10. The normalized spacial score (nSPS) is 10.1. The Morgan fingerprint density at radius 2 is 1.96 bits per heavy atom. The van der Waals surface area contributed by atoms with Gasteiger partial charge in [0.25, 0.3) is 5.91 Å². The highest BCUT2D eigenvalue weighted by Crippen LogP contribution is 2.20. The molecule has 2 N–H and O–H groups in total. The largest absolute Gasteiger partial charge is 0.353 e. The third kappa shape index (κ3) is 5.06. The van der Waals surface area contributed by atoms with Gasteiger partial charge < -0.3 is 10.6 Å². The van der Waals surface area contributed by atoms with Gasteiger partial charge in [-0.1, -0.05) is 35.9 Å². The second-order valence-electron chi connectivity index (χ2n) is 5.88. The number of rotatable bonds is 6. The Kier molecular flexibility index (Phi) is 6.03. The van der Waals surface area contributed by atoms with Crippen molar-refractivity contribution in [2.75, 3.05) is 11.9 Å². The number of halogens is 1. The van der Waals surface area contributed by atoms with Gasteiger partial charge in [-0.2, -0.15) is 5.26 Å². The minimum absolute atomic E-state index is 0.207. The topological polar surface area (TPSA) is 77.8 Å². The van der Waals surface area contributed by atoms with Crippen LogP contribution in [0.1, 0.15) is 21.5 Å². The SMILES string of the molecule is N#Cc1ccccc1Nc1cncc(C(=O)NCCc2cccc(Cl)c2)c1. The van der Waals surface area contributed by atoms with E-state index in [9.17, 15) is 4.79 Å². The summed E-state index contributed by atoms with van der Waals surface area (Å²) in [4.78, 5) is 16.5. The van der Waals surface area contributed by atoms with E-state index < -0.39 is 0 Å². The van der Waals surface area contributed by atoms with E-state index in [1.807, 2.05) is 30.3 Å². The van der Waals surface area contributed by atoms with Crippen molar-refractivity contribution in [3.05, 3.63) is 88.7 Å². The predicted octanol–water partition coefficient (Wildman–Crippen LogP) is 4.32. The molecule has 27 heavy (non-hydrogen) atoms. The lowest BCUT2D eigenvalue weighted by atomic mass is 10.1. The average Bonchev–Trinajstić information content (AvgIpc) is 2.68. The monoisotopic (exact) mass is 376 g/mol. The number of aromatic nitrogens is 1. The van der Waals surface area contributed by atoms with Crippen LogP contribution >= 0.6 is 11.6 Å². The number of anilines is 2. The smallest absolute Gasteiger partial charge is 0.252 e. The van der Waals surface area contributed by atoms with Gasteiger partial charge in [0.15, 0.2) is 0 Å². The molecule has 0 aliphatic rings. The Labute approximate surface area is 162 Å². The highest BCUT2D eigenvalue weighted by atomic mass is 35.5. The maximum absolute atomic E-state index is 12.4. The van der Waals surface area contributed by atoms with E-state index in [0.717, 1.165) is 5.56 Å². The van der Waals surface area contributed by atoms with Crippen LogP contribution in [-0.2, 0) is 6.42 Å². The zero-order valence-corrected chi connectivity index (χ0v) is 15.2. The lowest BCUT2D eigenvalue weighted by molar-refractivity contribution is 0.0954. The first-order valence-corrected chi connectivity index (χ1v) is 8.77. The minimum Gasteiger partial charge on any atom is -0.353 e. The van der Waals surface area contributed by atoms with E-state index in [-0.39, 0.29) is 5.91 Å². The Morgan fingerprint density at radius 1 is 1.11 bits per heavy atom. The first kappa shape index (κ1) is 18.4. The second-order valence-corrected chi connectivity index (χ2v) is 6.32. The fourth-order valence-corrected chi connectivity index (χ4v) is 2.81. The molecule has 0 fully saturated rings. The highest BCUT2D eigenvalue weighted by Gasteiger charge is 2.08. The number of nitriles is 1. The van der Waals surface area contributed by atoms with Crippen molar-refractivity contribution in [1.82, 2.24) is 10.3 Å². The van der Waals surface area contributed by atoms with Crippen molar-refractivity contribution in [2.45, 2.75) is 6.42 Å². The van der Waals surface area contributed by atoms with Crippen LogP contribution in [-0.4, -0.2) is 17.4 Å². The van der Waals surface area contributed by atoms with Crippen molar-refractivity contribution in [1.29, 1.82) is 5.26 Å². The standard InChI is InChI=1S/C21H17ClN4O/c22-18-6-3-4-15(10-18)8-9-25-21(27)17-11-19(14-24-13-17)26-20-7-2-1-5-16(20)12-23/h1-7,10-11,13-14,26H,8-9H2,(H,25,27). The number of benzene rings is 2. The number of nitrogens with zero attached hydrogens (tertiary/aromatic N) is 2. The number of nitrogens with one attached hydrogen (secondary N) is 2. The molecule has 0 saturated carbocycles. The van der Waals surface area contributed by atoms with Crippen molar-refractivity contribution >= 4 is 28.9 Å². The predicted molar refractivity (Wildman–Crippen MR) is 106 cm³/mol. The molecule has 3 rings (SSSR count). The summed E-state index contributed by atoms with van der Waals surface area (Å²) < 4.78 is 0. The number of amides is 1. The fraction of sp³-hybridized carbons (Fsp3) is 0.0952. The van der Waals surface area contributed by atoms with Crippen molar-refractivity contribution < 1.29 is 4.79 Å². The molecule has 0 atom stereocenters. The van der Waals surface area contributed by atoms with Gasteiger partial charge in [-0.3, -0.25) is 9.78 Å². The van der Waals surface area contributed by atoms with Gasteiger partial charge in [-0.05, 0) is 42.3 Å². The molecule has 0 unspecified atom stereocenters. The van der Waals surface area contributed by atoms with Crippen LogP contribution in [0.4, 0.5) is 11.4 Å². The first-order valence-electron chi connectivity index (χ1n) is 8.39. The summed E-state index contributed by atoms with van der Waals surface area (Å²) in [5.74, 6) is -0.207. The molecule has 1 amide bonds. The Hall–Kier alpha value is -3.36. The van der Waals surface area contributed by atoms with E-state index >= 15 is 0 Å². The van der Waals surface area contributed by atoms with Crippen LogP contribution in [0.3, 0.4) is 0 Å². The second kappa shape index (κ2) is 8.84. The van der Waals surface area contributed by atoms with Crippen molar-refractivity contribution in [3.63, 3.8) is 0 Å². The zero-order chi connectivity index (χ0) is 19.1. The molecule has 0 saturated heterocycles.